The van der Waals surface area contributed by atoms with E-state index in [4.69, 9.17) is 4.74 Å². The SMILES string of the molecule is COc1ccc2[nH]cc(C3CCN(CCCC(=O)c4ccc(F)cc4)CC3)c2c1.Cl. The van der Waals surface area contributed by atoms with E-state index in [9.17, 15) is 9.18 Å². The van der Waals surface area contributed by atoms with E-state index in [1.165, 1.54) is 23.1 Å². The Morgan fingerprint density at radius 3 is 2.60 bits per heavy atom. The van der Waals surface area contributed by atoms with Gasteiger partial charge in [0.25, 0.3) is 0 Å². The van der Waals surface area contributed by atoms with E-state index in [0.29, 0.717) is 17.9 Å². The molecule has 0 unspecified atom stereocenters. The fraction of sp³-hybridized carbons (Fsp3) is 0.375. The molecule has 1 N–H and O–H groups in total. The maximum absolute atomic E-state index is 13.0. The van der Waals surface area contributed by atoms with Crippen LogP contribution in [0, 0.1) is 5.82 Å². The molecule has 1 aliphatic heterocycles. The summed E-state index contributed by atoms with van der Waals surface area (Å²) in [6.07, 6.45) is 5.73. The average Bonchev–Trinajstić information content (AvgIpc) is 3.17. The number of aromatic amines is 1. The Labute approximate surface area is 182 Å². The van der Waals surface area contributed by atoms with Crippen molar-refractivity contribution in [2.75, 3.05) is 26.7 Å². The molecule has 1 fully saturated rings. The number of piperidine rings is 1. The van der Waals surface area contributed by atoms with Crippen LogP contribution in [0.5, 0.6) is 5.75 Å². The molecule has 6 heteroatoms. The van der Waals surface area contributed by atoms with E-state index in [-0.39, 0.29) is 24.0 Å². The van der Waals surface area contributed by atoms with Crippen LogP contribution in [0.1, 0.15) is 47.5 Å². The van der Waals surface area contributed by atoms with Crippen LogP contribution in [0.2, 0.25) is 0 Å². The highest BCUT2D eigenvalue weighted by Crippen LogP contribution is 2.34. The number of fused-ring (bicyclic) bond motifs is 1. The van der Waals surface area contributed by atoms with Crippen LogP contribution in [0.3, 0.4) is 0 Å². The lowest BCUT2D eigenvalue weighted by atomic mass is 9.89. The Kier molecular flexibility index (Phi) is 7.51. The highest BCUT2D eigenvalue weighted by Gasteiger charge is 2.23. The lowest BCUT2D eigenvalue weighted by molar-refractivity contribution is 0.0972. The van der Waals surface area contributed by atoms with Crippen molar-refractivity contribution in [2.24, 2.45) is 0 Å². The molecule has 160 valence electrons. The van der Waals surface area contributed by atoms with Crippen LogP contribution >= 0.6 is 12.4 Å². The molecule has 2 aromatic carbocycles. The van der Waals surface area contributed by atoms with Crippen molar-refractivity contribution in [3.8, 4) is 5.75 Å². The lowest BCUT2D eigenvalue weighted by Gasteiger charge is -2.31. The van der Waals surface area contributed by atoms with Gasteiger partial charge in [-0.15, -0.1) is 12.4 Å². The fourth-order valence-corrected chi connectivity index (χ4v) is 4.30. The zero-order valence-corrected chi connectivity index (χ0v) is 18.0. The number of nitrogens with zero attached hydrogens (tertiary/aromatic N) is 1. The van der Waals surface area contributed by atoms with Gasteiger partial charge in [0.2, 0.25) is 0 Å². The monoisotopic (exact) mass is 430 g/mol. The third-order valence-electron chi connectivity index (χ3n) is 5.99. The van der Waals surface area contributed by atoms with Crippen LogP contribution in [0.25, 0.3) is 10.9 Å². The second-order valence-corrected chi connectivity index (χ2v) is 7.81. The number of rotatable bonds is 7. The molecule has 2 heterocycles. The predicted octanol–water partition coefficient (Wildman–Crippen LogP) is 5.58. The van der Waals surface area contributed by atoms with Gasteiger partial charge in [-0.05, 0) is 92.8 Å². The number of carbonyl (C=O) groups excluding carboxylic acids is 1. The minimum absolute atomic E-state index is 0. The number of likely N-dealkylation sites (tertiary alicyclic amines) is 1. The van der Waals surface area contributed by atoms with Gasteiger partial charge < -0.3 is 14.6 Å². The van der Waals surface area contributed by atoms with Crippen molar-refractivity contribution in [3.05, 3.63) is 65.6 Å². The van der Waals surface area contributed by atoms with E-state index in [1.807, 2.05) is 6.07 Å². The minimum atomic E-state index is -0.307. The molecule has 0 amide bonds. The van der Waals surface area contributed by atoms with E-state index < -0.39 is 0 Å². The summed E-state index contributed by atoms with van der Waals surface area (Å²) in [6.45, 7) is 3.03. The quantitative estimate of drug-likeness (QED) is 0.497. The molecule has 4 rings (SSSR count). The molecule has 4 nitrogen and oxygen atoms in total. The molecule has 0 radical (unpaired) electrons. The van der Waals surface area contributed by atoms with Gasteiger partial charge in [-0.2, -0.15) is 0 Å². The molecule has 0 atom stereocenters. The number of nitrogens with one attached hydrogen (secondary N) is 1. The Balaban J connectivity index is 0.00000256. The van der Waals surface area contributed by atoms with Crippen LogP contribution < -0.4 is 4.74 Å². The number of ketones is 1. The average molecular weight is 431 g/mol. The van der Waals surface area contributed by atoms with Crippen molar-refractivity contribution >= 4 is 29.1 Å². The van der Waals surface area contributed by atoms with Gasteiger partial charge in [-0.1, -0.05) is 0 Å². The molecule has 1 saturated heterocycles. The smallest absolute Gasteiger partial charge is 0.162 e. The van der Waals surface area contributed by atoms with Gasteiger partial charge in [-0.3, -0.25) is 4.79 Å². The third-order valence-corrected chi connectivity index (χ3v) is 5.99. The summed E-state index contributed by atoms with van der Waals surface area (Å²) in [7, 11) is 1.70. The Morgan fingerprint density at radius 2 is 1.90 bits per heavy atom. The molecule has 0 bridgehead atoms. The molecule has 1 aliphatic rings. The number of H-pyrrole nitrogens is 1. The normalized spacial score (nSPS) is 15.1. The summed E-state index contributed by atoms with van der Waals surface area (Å²) < 4.78 is 18.4. The first-order valence-corrected chi connectivity index (χ1v) is 10.3. The molecular weight excluding hydrogens is 403 g/mol. The number of aromatic nitrogens is 1. The van der Waals surface area contributed by atoms with Gasteiger partial charge in [0.15, 0.2) is 5.78 Å². The van der Waals surface area contributed by atoms with E-state index >= 15 is 0 Å². The Hall–Kier alpha value is -2.37. The lowest BCUT2D eigenvalue weighted by Crippen LogP contribution is -2.33. The number of methoxy groups -OCH3 is 1. The molecule has 30 heavy (non-hydrogen) atoms. The molecule has 0 aliphatic carbocycles. The highest BCUT2D eigenvalue weighted by atomic mass is 35.5. The molecular formula is C24H28ClFN2O2. The summed E-state index contributed by atoms with van der Waals surface area (Å²) in [4.78, 5) is 18.1. The number of halogens is 2. The van der Waals surface area contributed by atoms with Gasteiger partial charge in [0.05, 0.1) is 7.11 Å². The van der Waals surface area contributed by atoms with Crippen LogP contribution in [-0.2, 0) is 0 Å². The van der Waals surface area contributed by atoms with Gasteiger partial charge in [0, 0.05) is 29.1 Å². The molecule has 3 aromatic rings. The van der Waals surface area contributed by atoms with Crippen molar-refractivity contribution in [1.82, 2.24) is 9.88 Å². The Morgan fingerprint density at radius 1 is 1.17 bits per heavy atom. The summed E-state index contributed by atoms with van der Waals surface area (Å²) in [5, 5.41) is 1.26. The summed E-state index contributed by atoms with van der Waals surface area (Å²) >= 11 is 0. The zero-order valence-electron chi connectivity index (χ0n) is 17.2. The van der Waals surface area contributed by atoms with E-state index in [0.717, 1.165) is 50.2 Å². The first-order chi connectivity index (χ1) is 14.1. The van der Waals surface area contributed by atoms with Crippen molar-refractivity contribution in [3.63, 3.8) is 0 Å². The number of benzene rings is 2. The van der Waals surface area contributed by atoms with Crippen LogP contribution in [0.4, 0.5) is 4.39 Å². The first-order valence-electron chi connectivity index (χ1n) is 10.3. The van der Waals surface area contributed by atoms with Gasteiger partial charge in [0.1, 0.15) is 11.6 Å². The van der Waals surface area contributed by atoms with Crippen LogP contribution in [0.15, 0.2) is 48.7 Å². The highest BCUT2D eigenvalue weighted by molar-refractivity contribution is 5.95. The minimum Gasteiger partial charge on any atom is -0.497 e. The van der Waals surface area contributed by atoms with Gasteiger partial charge in [-0.25, -0.2) is 4.39 Å². The summed E-state index contributed by atoms with van der Waals surface area (Å²) in [5.74, 6) is 1.22. The fourth-order valence-electron chi connectivity index (χ4n) is 4.30. The van der Waals surface area contributed by atoms with Crippen LogP contribution in [-0.4, -0.2) is 42.4 Å². The largest absolute Gasteiger partial charge is 0.497 e. The van der Waals surface area contributed by atoms with Crippen molar-refractivity contribution in [2.45, 2.75) is 31.6 Å². The maximum atomic E-state index is 13.0. The molecule has 0 spiro atoms. The Bertz CT molecular complexity index is 979. The van der Waals surface area contributed by atoms with Gasteiger partial charge >= 0.3 is 0 Å². The number of hydrogen-bond donors (Lipinski definition) is 1. The number of ether oxygens (including phenoxy) is 1. The summed E-state index contributed by atoms with van der Waals surface area (Å²) in [6, 6.07) is 12.0. The zero-order chi connectivity index (χ0) is 20.2. The van der Waals surface area contributed by atoms with Crippen molar-refractivity contribution in [1.29, 1.82) is 0 Å². The summed E-state index contributed by atoms with van der Waals surface area (Å²) in [5.41, 5.74) is 3.13. The molecule has 0 saturated carbocycles. The van der Waals surface area contributed by atoms with E-state index in [1.54, 1.807) is 19.2 Å². The first kappa shape index (κ1) is 22.3. The maximum Gasteiger partial charge on any atom is 0.162 e. The number of carbonyl (C=O) groups is 1. The second-order valence-electron chi connectivity index (χ2n) is 7.81. The number of Topliss-reactive ketones (excluding diaryl/α,β-unsaturated/α-hetero) is 1. The second kappa shape index (κ2) is 10.1. The third kappa shape index (κ3) is 5.02. The van der Waals surface area contributed by atoms with Crippen molar-refractivity contribution < 1.29 is 13.9 Å². The standard InChI is InChI=1S/C24H27FN2O2.ClH/c1-29-20-8-9-23-21(15-20)22(16-26-23)17-10-13-27(14-11-17)12-2-3-24(28)18-4-6-19(25)7-5-18;/h4-9,15-17,26H,2-3,10-14H2,1H3;1H. The molecule has 1 aromatic heterocycles. The number of hydrogen-bond acceptors (Lipinski definition) is 3. The van der Waals surface area contributed by atoms with E-state index in [2.05, 4.69) is 28.2 Å². The topological polar surface area (TPSA) is 45.3 Å². The predicted molar refractivity (Wildman–Crippen MR) is 120 cm³/mol.